The van der Waals surface area contributed by atoms with Gasteiger partial charge in [0, 0.05) is 37.2 Å². The molecule has 0 bridgehead atoms. The van der Waals surface area contributed by atoms with Crippen molar-refractivity contribution in [1.82, 2.24) is 25.5 Å². The first kappa shape index (κ1) is 30.3. The number of carbonyl (C=O) groups excluding carboxylic acids is 4. The van der Waals surface area contributed by atoms with Crippen molar-refractivity contribution in [3.05, 3.63) is 77.9 Å². The van der Waals surface area contributed by atoms with Gasteiger partial charge in [-0.15, -0.1) is 0 Å². The number of aromatic amines is 1. The Hall–Kier alpha value is -5.20. The number of rotatable bonds is 12. The quantitative estimate of drug-likeness (QED) is 0.206. The molecule has 13 nitrogen and oxygen atoms in total. The van der Waals surface area contributed by atoms with E-state index in [1.54, 1.807) is 0 Å². The number of hydrogen-bond donors (Lipinski definition) is 5. The number of aromatic nitrogens is 2. The molecule has 4 amide bonds. The highest BCUT2D eigenvalue weighted by atomic mass is 16.5. The van der Waals surface area contributed by atoms with Crippen molar-refractivity contribution >= 4 is 29.8 Å². The van der Waals surface area contributed by atoms with Crippen molar-refractivity contribution < 1.29 is 33.8 Å². The fourth-order valence-electron chi connectivity index (χ4n) is 5.91. The van der Waals surface area contributed by atoms with Crippen LogP contribution in [0.5, 0.6) is 0 Å². The van der Waals surface area contributed by atoms with E-state index in [4.69, 9.17) is 10.5 Å². The third-order valence-corrected chi connectivity index (χ3v) is 8.05. The second-order valence-corrected chi connectivity index (χ2v) is 10.9. The van der Waals surface area contributed by atoms with E-state index in [2.05, 4.69) is 20.6 Å². The normalized spacial score (nSPS) is 16.8. The number of likely N-dealkylation sites (tertiary alicyclic amines) is 1. The highest BCUT2D eigenvalue weighted by molar-refractivity contribution is 5.93. The number of primary amides is 1. The zero-order valence-corrected chi connectivity index (χ0v) is 23.9. The molecule has 2 heterocycles. The Morgan fingerprint density at radius 2 is 1.70 bits per heavy atom. The van der Waals surface area contributed by atoms with Crippen molar-refractivity contribution in [3.63, 3.8) is 0 Å². The molecule has 3 atom stereocenters. The van der Waals surface area contributed by atoms with Crippen LogP contribution in [0, 0.1) is 0 Å². The number of amides is 4. The van der Waals surface area contributed by atoms with Crippen LogP contribution in [0.1, 0.15) is 48.4 Å². The Balaban J connectivity index is 1.29. The zero-order valence-electron chi connectivity index (χ0n) is 23.9. The van der Waals surface area contributed by atoms with Crippen molar-refractivity contribution in [2.75, 3.05) is 13.2 Å². The second kappa shape index (κ2) is 13.4. The number of carboxylic acids is 1. The predicted octanol–water partition coefficient (Wildman–Crippen LogP) is 1.69. The van der Waals surface area contributed by atoms with Gasteiger partial charge >= 0.3 is 12.1 Å². The van der Waals surface area contributed by atoms with E-state index in [1.807, 2.05) is 48.5 Å². The summed E-state index contributed by atoms with van der Waals surface area (Å²) in [6, 6.07) is 12.4. The monoisotopic (exact) mass is 602 g/mol. The van der Waals surface area contributed by atoms with E-state index in [-0.39, 0.29) is 44.8 Å². The summed E-state index contributed by atoms with van der Waals surface area (Å²) in [5.41, 5.74) is 10.1. The molecule has 5 rings (SSSR count). The highest BCUT2D eigenvalue weighted by Gasteiger charge is 2.38. The van der Waals surface area contributed by atoms with Crippen LogP contribution < -0.4 is 16.4 Å². The number of nitrogens with zero attached hydrogens (tertiary/aromatic N) is 2. The minimum absolute atomic E-state index is 0.00573. The lowest BCUT2D eigenvalue weighted by Gasteiger charge is -2.28. The summed E-state index contributed by atoms with van der Waals surface area (Å²) in [4.78, 5) is 71.3. The van der Waals surface area contributed by atoms with E-state index in [1.165, 1.54) is 17.4 Å². The standard InChI is InChI=1S/C31H34N6O7/c32-27(38)12-11-24(29(40)37-13-5-10-26(37)30(41)42)35-28(39)25(14-18-15-33-17-34-18)36-31(43)44-16-23-21-8-3-1-6-19(21)20-7-2-4-9-22(20)23/h1-4,6-9,15,17,23-26H,5,10-14,16H2,(H2,32,38)(H,33,34)(H,35,39)(H,36,43)(H,41,42)/t24-,25+,26-/m0/s1. The van der Waals surface area contributed by atoms with Crippen LogP contribution in [0.15, 0.2) is 61.1 Å². The number of alkyl carbamates (subject to hydrolysis) is 1. The summed E-state index contributed by atoms with van der Waals surface area (Å²) in [5, 5.41) is 14.8. The molecule has 44 heavy (non-hydrogen) atoms. The van der Waals surface area contributed by atoms with Crippen molar-refractivity contribution in [1.29, 1.82) is 0 Å². The maximum absolute atomic E-state index is 13.6. The summed E-state index contributed by atoms with van der Waals surface area (Å²) >= 11 is 0. The molecule has 13 heteroatoms. The minimum Gasteiger partial charge on any atom is -0.480 e. The molecule has 3 aromatic rings. The number of carbonyl (C=O) groups is 5. The zero-order chi connectivity index (χ0) is 31.2. The number of benzene rings is 2. The van der Waals surface area contributed by atoms with Crippen LogP contribution >= 0.6 is 0 Å². The third kappa shape index (κ3) is 6.72. The van der Waals surface area contributed by atoms with Gasteiger partial charge in [0.05, 0.1) is 6.33 Å². The maximum Gasteiger partial charge on any atom is 0.407 e. The highest BCUT2D eigenvalue weighted by Crippen LogP contribution is 2.44. The molecule has 0 unspecified atom stereocenters. The molecule has 0 spiro atoms. The van der Waals surface area contributed by atoms with Crippen LogP contribution in [-0.4, -0.2) is 81.0 Å². The lowest BCUT2D eigenvalue weighted by Crippen LogP contribution is -2.56. The van der Waals surface area contributed by atoms with Crippen LogP contribution in [-0.2, 0) is 30.3 Å². The topological polar surface area (TPSA) is 197 Å². The Labute approximate surface area is 253 Å². The molecule has 1 aliphatic heterocycles. The van der Waals surface area contributed by atoms with E-state index in [9.17, 15) is 29.1 Å². The van der Waals surface area contributed by atoms with Gasteiger partial charge in [-0.3, -0.25) is 14.4 Å². The van der Waals surface area contributed by atoms with E-state index < -0.39 is 47.9 Å². The summed E-state index contributed by atoms with van der Waals surface area (Å²) in [6.45, 7) is 0.234. The molecule has 230 valence electrons. The first-order valence-electron chi connectivity index (χ1n) is 14.4. The molecule has 0 radical (unpaired) electrons. The van der Waals surface area contributed by atoms with E-state index >= 15 is 0 Å². The van der Waals surface area contributed by atoms with Crippen molar-refractivity contribution in [3.8, 4) is 11.1 Å². The number of carboxylic acid groups (broad SMARTS) is 1. The Bertz CT molecular complexity index is 1500. The fraction of sp³-hybridized carbons (Fsp3) is 0.355. The molecular formula is C31H34N6O7. The molecule has 1 aliphatic carbocycles. The Morgan fingerprint density at radius 1 is 1.02 bits per heavy atom. The molecular weight excluding hydrogens is 568 g/mol. The maximum atomic E-state index is 13.6. The number of H-pyrrole nitrogens is 1. The third-order valence-electron chi connectivity index (χ3n) is 8.05. The number of nitrogens with two attached hydrogens (primary N) is 1. The molecule has 2 aliphatic rings. The number of ether oxygens (including phenoxy) is 1. The van der Waals surface area contributed by atoms with Gasteiger partial charge in [0.25, 0.3) is 0 Å². The minimum atomic E-state index is -1.23. The predicted molar refractivity (Wildman–Crippen MR) is 157 cm³/mol. The molecule has 1 saturated heterocycles. The van der Waals surface area contributed by atoms with Crippen LogP contribution in [0.25, 0.3) is 11.1 Å². The van der Waals surface area contributed by atoms with Gasteiger partial charge in [0.2, 0.25) is 17.7 Å². The molecule has 2 aromatic carbocycles. The van der Waals surface area contributed by atoms with E-state index in [0.29, 0.717) is 12.1 Å². The lowest BCUT2D eigenvalue weighted by molar-refractivity contribution is -0.149. The van der Waals surface area contributed by atoms with Gasteiger partial charge in [0.15, 0.2) is 0 Å². The van der Waals surface area contributed by atoms with Gasteiger partial charge in [-0.05, 0) is 41.5 Å². The van der Waals surface area contributed by atoms with Crippen LogP contribution in [0.2, 0.25) is 0 Å². The summed E-state index contributed by atoms with van der Waals surface area (Å²) in [5.74, 6) is -3.37. The van der Waals surface area contributed by atoms with Gasteiger partial charge < -0.3 is 36.1 Å². The number of nitrogens with one attached hydrogen (secondary N) is 3. The smallest absolute Gasteiger partial charge is 0.407 e. The van der Waals surface area contributed by atoms with Crippen molar-refractivity contribution in [2.45, 2.75) is 56.1 Å². The lowest BCUT2D eigenvalue weighted by atomic mass is 9.98. The van der Waals surface area contributed by atoms with Gasteiger partial charge in [-0.2, -0.15) is 0 Å². The number of aliphatic carboxylic acids is 1. The summed E-state index contributed by atoms with van der Waals surface area (Å²) < 4.78 is 5.64. The summed E-state index contributed by atoms with van der Waals surface area (Å²) in [6.07, 6.45) is 2.50. The van der Waals surface area contributed by atoms with Gasteiger partial charge in [-0.1, -0.05) is 48.5 Å². The van der Waals surface area contributed by atoms with Crippen molar-refractivity contribution in [2.24, 2.45) is 5.73 Å². The largest absolute Gasteiger partial charge is 0.480 e. The Kier molecular flexibility index (Phi) is 9.22. The Morgan fingerprint density at radius 3 is 2.32 bits per heavy atom. The first-order valence-corrected chi connectivity index (χ1v) is 14.4. The molecule has 6 N–H and O–H groups in total. The van der Waals surface area contributed by atoms with Gasteiger partial charge in [0.1, 0.15) is 24.7 Å². The first-order chi connectivity index (χ1) is 21.2. The van der Waals surface area contributed by atoms with E-state index in [0.717, 1.165) is 22.3 Å². The fourth-order valence-corrected chi connectivity index (χ4v) is 5.91. The van der Waals surface area contributed by atoms with Crippen LogP contribution in [0.3, 0.4) is 0 Å². The molecule has 1 fully saturated rings. The molecule has 0 saturated carbocycles. The average molecular weight is 603 g/mol. The second-order valence-electron chi connectivity index (χ2n) is 10.9. The number of fused-ring (bicyclic) bond motifs is 3. The SMILES string of the molecule is NC(=O)CC[C@H](NC(=O)[C@@H](Cc1cnc[nH]1)NC(=O)OCC1c2ccccc2-c2ccccc21)C(=O)N1CCC[C@H]1C(=O)O. The number of hydrogen-bond acceptors (Lipinski definition) is 7. The number of imidazole rings is 1. The van der Waals surface area contributed by atoms with Crippen LogP contribution in [0.4, 0.5) is 4.79 Å². The summed E-state index contributed by atoms with van der Waals surface area (Å²) in [7, 11) is 0. The average Bonchev–Trinajstić information content (AvgIpc) is 3.77. The van der Waals surface area contributed by atoms with Gasteiger partial charge in [-0.25, -0.2) is 14.6 Å². The molecule has 1 aromatic heterocycles.